The van der Waals surface area contributed by atoms with Gasteiger partial charge in [0.1, 0.15) is 18.2 Å². The average Bonchev–Trinajstić information content (AvgIpc) is 2.95. The second-order valence-electron chi connectivity index (χ2n) is 9.40. The Morgan fingerprint density at radius 1 is 0.789 bits per heavy atom. The third kappa shape index (κ3) is 13.8. The lowest BCUT2D eigenvalue weighted by atomic mass is 10.1. The van der Waals surface area contributed by atoms with E-state index in [9.17, 15) is 4.79 Å². The molecule has 0 atom stereocenters. The summed E-state index contributed by atoms with van der Waals surface area (Å²) in [7, 11) is 0. The van der Waals surface area contributed by atoms with Crippen molar-refractivity contribution in [2.45, 2.75) is 78.1 Å². The predicted molar refractivity (Wildman–Crippen MR) is 156 cm³/mol. The average molecular weight is 520 g/mol. The minimum absolute atomic E-state index is 0.242. The Morgan fingerprint density at radius 2 is 1.50 bits per heavy atom. The molecule has 3 aromatic rings. The first-order chi connectivity index (χ1) is 18.6. The zero-order valence-corrected chi connectivity index (χ0v) is 23.2. The van der Waals surface area contributed by atoms with Crippen molar-refractivity contribution in [3.8, 4) is 5.75 Å². The molecule has 0 radical (unpaired) electrons. The number of carbonyl (C=O) groups is 1. The summed E-state index contributed by atoms with van der Waals surface area (Å²) in [5, 5.41) is 8.67. The number of ether oxygens (including phenoxy) is 1. The molecule has 6 heteroatoms. The zero-order chi connectivity index (χ0) is 27.3. The van der Waals surface area contributed by atoms with E-state index in [1.807, 2.05) is 54.9 Å². The quantitative estimate of drug-likeness (QED) is 0.188. The molecule has 1 aromatic carbocycles. The SMILES string of the molecule is CCCCCc1ccccn1.CCCCN(CCOc1ccc(CCCCC(=O)O)cc1)c1ccccn1. The van der Waals surface area contributed by atoms with Crippen LogP contribution in [-0.2, 0) is 17.6 Å². The smallest absolute Gasteiger partial charge is 0.303 e. The van der Waals surface area contributed by atoms with Crippen molar-refractivity contribution in [1.29, 1.82) is 0 Å². The van der Waals surface area contributed by atoms with Crippen molar-refractivity contribution in [2.75, 3.05) is 24.6 Å². The summed E-state index contributed by atoms with van der Waals surface area (Å²) in [6.45, 7) is 6.80. The number of aliphatic carboxylic acids is 1. The first kappa shape index (κ1) is 30.8. The van der Waals surface area contributed by atoms with Gasteiger partial charge < -0.3 is 14.7 Å². The van der Waals surface area contributed by atoms with Crippen LogP contribution in [0.25, 0.3) is 0 Å². The van der Waals surface area contributed by atoms with E-state index in [1.165, 1.54) is 30.5 Å². The lowest BCUT2D eigenvalue weighted by molar-refractivity contribution is -0.137. The number of unbranched alkanes of at least 4 members (excludes halogenated alkanes) is 4. The predicted octanol–water partition coefficient (Wildman–Crippen LogP) is 7.38. The number of aromatic nitrogens is 2. The highest BCUT2D eigenvalue weighted by Gasteiger charge is 2.07. The summed E-state index contributed by atoms with van der Waals surface area (Å²) < 4.78 is 5.90. The van der Waals surface area contributed by atoms with Gasteiger partial charge in [-0.05, 0) is 80.5 Å². The van der Waals surface area contributed by atoms with Crippen LogP contribution in [0.4, 0.5) is 5.82 Å². The highest BCUT2D eigenvalue weighted by molar-refractivity contribution is 5.66. The molecule has 0 fully saturated rings. The second-order valence-corrected chi connectivity index (χ2v) is 9.40. The monoisotopic (exact) mass is 519 g/mol. The summed E-state index contributed by atoms with van der Waals surface area (Å²) in [5.74, 6) is 1.13. The summed E-state index contributed by atoms with van der Waals surface area (Å²) in [4.78, 5) is 21.5. The molecule has 2 heterocycles. The van der Waals surface area contributed by atoms with E-state index in [2.05, 4.69) is 46.9 Å². The van der Waals surface area contributed by atoms with Crippen molar-refractivity contribution in [3.63, 3.8) is 0 Å². The number of rotatable bonds is 17. The van der Waals surface area contributed by atoms with Crippen LogP contribution in [0.5, 0.6) is 5.75 Å². The van der Waals surface area contributed by atoms with Gasteiger partial charge in [-0.2, -0.15) is 0 Å². The summed E-state index contributed by atoms with van der Waals surface area (Å²) in [6, 6.07) is 20.2. The highest BCUT2D eigenvalue weighted by Crippen LogP contribution is 2.15. The molecule has 0 aliphatic carbocycles. The van der Waals surface area contributed by atoms with Gasteiger partial charge in [-0.25, -0.2) is 4.98 Å². The van der Waals surface area contributed by atoms with E-state index in [4.69, 9.17) is 9.84 Å². The number of carboxylic acid groups (broad SMARTS) is 1. The minimum atomic E-state index is -0.725. The number of hydrogen-bond acceptors (Lipinski definition) is 5. The summed E-state index contributed by atoms with van der Waals surface area (Å²) in [6.07, 6.45) is 13.7. The highest BCUT2D eigenvalue weighted by atomic mass is 16.5. The molecule has 0 unspecified atom stereocenters. The molecule has 6 nitrogen and oxygen atoms in total. The van der Waals surface area contributed by atoms with Crippen LogP contribution < -0.4 is 9.64 Å². The van der Waals surface area contributed by atoms with Gasteiger partial charge in [-0.1, -0.05) is 57.4 Å². The number of hydrogen-bond donors (Lipinski definition) is 1. The van der Waals surface area contributed by atoms with Crippen molar-refractivity contribution in [1.82, 2.24) is 9.97 Å². The zero-order valence-electron chi connectivity index (χ0n) is 23.2. The molecule has 0 aliphatic heterocycles. The van der Waals surface area contributed by atoms with E-state index >= 15 is 0 Å². The topological polar surface area (TPSA) is 75.6 Å². The second kappa shape index (κ2) is 19.7. The molecule has 0 aliphatic rings. The molecular weight excluding hydrogens is 474 g/mol. The molecule has 1 N–H and O–H groups in total. The lowest BCUT2D eigenvalue weighted by Gasteiger charge is -2.23. The van der Waals surface area contributed by atoms with E-state index in [-0.39, 0.29) is 6.42 Å². The van der Waals surface area contributed by atoms with Crippen LogP contribution in [0.3, 0.4) is 0 Å². The Bertz CT molecular complexity index is 982. The molecule has 0 saturated carbocycles. The van der Waals surface area contributed by atoms with E-state index in [1.54, 1.807) is 0 Å². The third-order valence-corrected chi connectivity index (χ3v) is 6.18. The van der Waals surface area contributed by atoms with Crippen molar-refractivity contribution in [2.24, 2.45) is 0 Å². The Morgan fingerprint density at radius 3 is 2.13 bits per heavy atom. The van der Waals surface area contributed by atoms with Crippen molar-refractivity contribution in [3.05, 3.63) is 84.3 Å². The van der Waals surface area contributed by atoms with Crippen LogP contribution in [0.1, 0.15) is 76.5 Å². The van der Waals surface area contributed by atoms with Gasteiger partial charge in [0, 0.05) is 31.1 Å². The van der Waals surface area contributed by atoms with Gasteiger partial charge in [0.25, 0.3) is 0 Å². The minimum Gasteiger partial charge on any atom is -0.492 e. The number of anilines is 1. The molecule has 0 saturated heterocycles. The number of pyridine rings is 2. The van der Waals surface area contributed by atoms with Gasteiger partial charge in [0.05, 0.1) is 6.54 Å². The molecule has 3 rings (SSSR count). The molecule has 0 amide bonds. The van der Waals surface area contributed by atoms with Crippen LogP contribution in [0.2, 0.25) is 0 Å². The Hall–Kier alpha value is -3.41. The molecule has 0 spiro atoms. The first-order valence-electron chi connectivity index (χ1n) is 14.1. The molecular formula is C32H45N3O3. The lowest BCUT2D eigenvalue weighted by Crippen LogP contribution is -2.30. The fraction of sp³-hybridized carbons (Fsp3) is 0.469. The molecule has 2 aromatic heterocycles. The standard InChI is InChI=1S/C22H30N2O3.C10H15N/c1-2-3-16-24(21-9-6-7-15-23-21)17-18-27-20-13-11-19(12-14-20)8-4-5-10-22(25)26;1-2-3-4-7-10-8-5-6-9-11-10/h6-7,9,11-15H,2-5,8,10,16-18H2,1H3,(H,25,26);5-6,8-9H,2-4,7H2,1H3. The Labute approximate surface area is 229 Å². The van der Waals surface area contributed by atoms with Gasteiger partial charge in [0.2, 0.25) is 0 Å². The van der Waals surface area contributed by atoms with E-state index < -0.39 is 5.97 Å². The first-order valence-corrected chi connectivity index (χ1v) is 14.1. The fourth-order valence-corrected chi connectivity index (χ4v) is 3.96. The van der Waals surface area contributed by atoms with Crippen LogP contribution in [0.15, 0.2) is 73.1 Å². The normalized spacial score (nSPS) is 10.4. The maximum absolute atomic E-state index is 10.5. The third-order valence-electron chi connectivity index (χ3n) is 6.18. The summed E-state index contributed by atoms with van der Waals surface area (Å²) >= 11 is 0. The molecule has 38 heavy (non-hydrogen) atoms. The number of benzene rings is 1. The Balaban J connectivity index is 0.000000384. The number of aryl methyl sites for hydroxylation is 2. The van der Waals surface area contributed by atoms with Gasteiger partial charge >= 0.3 is 5.97 Å². The van der Waals surface area contributed by atoms with E-state index in [0.717, 1.165) is 56.8 Å². The van der Waals surface area contributed by atoms with Gasteiger partial charge in [0.15, 0.2) is 0 Å². The number of nitrogens with zero attached hydrogens (tertiary/aromatic N) is 3. The largest absolute Gasteiger partial charge is 0.492 e. The maximum Gasteiger partial charge on any atom is 0.303 e. The van der Waals surface area contributed by atoms with Gasteiger partial charge in [-0.15, -0.1) is 0 Å². The van der Waals surface area contributed by atoms with Gasteiger partial charge in [-0.3, -0.25) is 9.78 Å². The fourth-order valence-electron chi connectivity index (χ4n) is 3.96. The number of carboxylic acids is 1. The van der Waals surface area contributed by atoms with Crippen molar-refractivity contribution >= 4 is 11.8 Å². The van der Waals surface area contributed by atoms with Crippen molar-refractivity contribution < 1.29 is 14.6 Å². The molecule has 0 bridgehead atoms. The molecule has 206 valence electrons. The Kier molecular flexibility index (Phi) is 15.9. The summed E-state index contributed by atoms with van der Waals surface area (Å²) in [5.41, 5.74) is 2.44. The maximum atomic E-state index is 10.5. The van der Waals surface area contributed by atoms with Crippen LogP contribution >= 0.6 is 0 Å². The van der Waals surface area contributed by atoms with Crippen LogP contribution in [-0.4, -0.2) is 40.7 Å². The van der Waals surface area contributed by atoms with E-state index in [0.29, 0.717) is 13.0 Å². The van der Waals surface area contributed by atoms with Crippen LogP contribution in [0, 0.1) is 0 Å².